The summed E-state index contributed by atoms with van der Waals surface area (Å²) in [5, 5.41) is 1.56. The molecule has 82 valence electrons. The first-order chi connectivity index (χ1) is 7.63. The standard InChI is InChI=1S/C11H12N4S/c1-7-5-8(2)15-11(14-7)16-10-4-3-9(12)6-13-10/h3-6H,12H2,1-2H3. The van der Waals surface area contributed by atoms with E-state index in [-0.39, 0.29) is 0 Å². The smallest absolute Gasteiger partial charge is 0.194 e. The number of hydrogen-bond donors (Lipinski definition) is 1. The van der Waals surface area contributed by atoms with Gasteiger partial charge in [-0.15, -0.1) is 0 Å². The van der Waals surface area contributed by atoms with E-state index in [1.54, 1.807) is 6.20 Å². The van der Waals surface area contributed by atoms with Gasteiger partial charge in [0.15, 0.2) is 5.16 Å². The van der Waals surface area contributed by atoms with Gasteiger partial charge in [0.05, 0.1) is 11.9 Å². The summed E-state index contributed by atoms with van der Waals surface area (Å²) in [6.07, 6.45) is 1.63. The van der Waals surface area contributed by atoms with Crippen molar-refractivity contribution in [1.82, 2.24) is 15.0 Å². The molecule has 0 bridgehead atoms. The van der Waals surface area contributed by atoms with Crippen molar-refractivity contribution in [3.63, 3.8) is 0 Å². The van der Waals surface area contributed by atoms with E-state index in [4.69, 9.17) is 5.73 Å². The van der Waals surface area contributed by atoms with Crippen molar-refractivity contribution in [3.8, 4) is 0 Å². The normalized spacial score (nSPS) is 10.4. The summed E-state index contributed by atoms with van der Waals surface area (Å²) in [7, 11) is 0. The Morgan fingerprint density at radius 3 is 2.38 bits per heavy atom. The molecule has 2 aromatic heterocycles. The number of hydrogen-bond acceptors (Lipinski definition) is 5. The molecule has 0 spiro atoms. The van der Waals surface area contributed by atoms with Gasteiger partial charge in [0.25, 0.3) is 0 Å². The number of nitrogens with zero attached hydrogens (tertiary/aromatic N) is 3. The Hall–Kier alpha value is -1.62. The molecule has 2 aromatic rings. The van der Waals surface area contributed by atoms with Gasteiger partial charge in [0.2, 0.25) is 0 Å². The zero-order valence-corrected chi connectivity index (χ0v) is 9.95. The van der Waals surface area contributed by atoms with Gasteiger partial charge in [-0.25, -0.2) is 15.0 Å². The van der Waals surface area contributed by atoms with Crippen molar-refractivity contribution < 1.29 is 0 Å². The highest BCUT2D eigenvalue weighted by atomic mass is 32.2. The Balaban J connectivity index is 2.23. The Morgan fingerprint density at radius 1 is 1.12 bits per heavy atom. The Labute approximate surface area is 98.3 Å². The number of pyridine rings is 1. The van der Waals surface area contributed by atoms with Gasteiger partial charge < -0.3 is 5.73 Å². The average Bonchev–Trinajstić information content (AvgIpc) is 2.20. The highest BCUT2D eigenvalue weighted by molar-refractivity contribution is 7.99. The lowest BCUT2D eigenvalue weighted by Gasteiger charge is -2.02. The molecule has 2 heterocycles. The quantitative estimate of drug-likeness (QED) is 0.804. The molecule has 4 nitrogen and oxygen atoms in total. The van der Waals surface area contributed by atoms with E-state index >= 15 is 0 Å². The minimum atomic E-state index is 0.658. The maximum Gasteiger partial charge on any atom is 0.194 e. The molecule has 0 fully saturated rings. The fourth-order valence-electron chi connectivity index (χ4n) is 1.28. The second kappa shape index (κ2) is 4.49. The number of anilines is 1. The lowest BCUT2D eigenvalue weighted by atomic mass is 10.4. The van der Waals surface area contributed by atoms with Crippen molar-refractivity contribution in [2.45, 2.75) is 24.0 Å². The van der Waals surface area contributed by atoms with Crippen LogP contribution in [0.25, 0.3) is 0 Å². The van der Waals surface area contributed by atoms with E-state index in [0.29, 0.717) is 5.69 Å². The second-order valence-corrected chi connectivity index (χ2v) is 4.45. The van der Waals surface area contributed by atoms with E-state index in [1.807, 2.05) is 32.0 Å². The van der Waals surface area contributed by atoms with Crippen LogP contribution in [0.4, 0.5) is 5.69 Å². The predicted octanol–water partition coefficient (Wildman–Crippen LogP) is 2.22. The van der Waals surface area contributed by atoms with Crippen LogP contribution in [0.5, 0.6) is 0 Å². The van der Waals surface area contributed by atoms with Crippen LogP contribution in [0.3, 0.4) is 0 Å². The molecule has 0 radical (unpaired) electrons. The summed E-state index contributed by atoms with van der Waals surface area (Å²) in [6, 6.07) is 5.62. The summed E-state index contributed by atoms with van der Waals surface area (Å²) >= 11 is 1.44. The van der Waals surface area contributed by atoms with Crippen LogP contribution in [-0.4, -0.2) is 15.0 Å². The Bertz CT molecular complexity index is 476. The molecular weight excluding hydrogens is 220 g/mol. The van der Waals surface area contributed by atoms with Crippen LogP contribution < -0.4 is 5.73 Å². The number of aryl methyl sites for hydroxylation is 2. The molecule has 0 aliphatic carbocycles. The largest absolute Gasteiger partial charge is 0.397 e. The molecule has 0 saturated carbocycles. The van der Waals surface area contributed by atoms with Crippen LogP contribution in [0.2, 0.25) is 0 Å². The van der Waals surface area contributed by atoms with Gasteiger partial charge in [0.1, 0.15) is 5.03 Å². The third-order valence-electron chi connectivity index (χ3n) is 1.92. The molecule has 0 atom stereocenters. The summed E-state index contributed by atoms with van der Waals surface area (Å²) in [4.78, 5) is 12.9. The molecule has 0 aliphatic heterocycles. The number of aromatic nitrogens is 3. The first-order valence-corrected chi connectivity index (χ1v) is 5.67. The minimum Gasteiger partial charge on any atom is -0.397 e. The lowest BCUT2D eigenvalue weighted by molar-refractivity contribution is 0.899. The van der Waals surface area contributed by atoms with Crippen LogP contribution in [-0.2, 0) is 0 Å². The van der Waals surface area contributed by atoms with Crippen LogP contribution in [0, 0.1) is 13.8 Å². The van der Waals surface area contributed by atoms with Crippen LogP contribution >= 0.6 is 11.8 Å². The zero-order valence-electron chi connectivity index (χ0n) is 9.14. The van der Waals surface area contributed by atoms with E-state index in [1.165, 1.54) is 11.8 Å². The highest BCUT2D eigenvalue weighted by Gasteiger charge is 2.03. The first kappa shape index (κ1) is 10.9. The van der Waals surface area contributed by atoms with Gasteiger partial charge in [-0.3, -0.25) is 0 Å². The number of nitrogens with two attached hydrogens (primary N) is 1. The Morgan fingerprint density at radius 2 is 1.81 bits per heavy atom. The van der Waals surface area contributed by atoms with Crippen molar-refractivity contribution in [2.75, 3.05) is 5.73 Å². The average molecular weight is 232 g/mol. The number of rotatable bonds is 2. The van der Waals surface area contributed by atoms with Gasteiger partial charge in [0, 0.05) is 11.4 Å². The third-order valence-corrected chi connectivity index (χ3v) is 2.73. The fourth-order valence-corrected chi connectivity index (χ4v) is 2.09. The number of nitrogen functional groups attached to an aromatic ring is 1. The van der Waals surface area contributed by atoms with E-state index in [0.717, 1.165) is 21.6 Å². The maximum atomic E-state index is 5.57. The summed E-state index contributed by atoms with van der Waals surface area (Å²) < 4.78 is 0. The fraction of sp³-hybridized carbons (Fsp3) is 0.182. The highest BCUT2D eigenvalue weighted by Crippen LogP contribution is 2.23. The molecule has 0 unspecified atom stereocenters. The monoisotopic (exact) mass is 232 g/mol. The first-order valence-electron chi connectivity index (χ1n) is 4.85. The van der Waals surface area contributed by atoms with Gasteiger partial charge in [-0.1, -0.05) is 0 Å². The second-order valence-electron chi connectivity index (χ2n) is 3.47. The summed E-state index contributed by atoms with van der Waals surface area (Å²) in [5.74, 6) is 0. The van der Waals surface area contributed by atoms with Crippen molar-refractivity contribution in [3.05, 3.63) is 35.8 Å². The van der Waals surface area contributed by atoms with Crippen molar-refractivity contribution in [2.24, 2.45) is 0 Å². The predicted molar refractivity (Wildman–Crippen MR) is 64.3 cm³/mol. The van der Waals surface area contributed by atoms with Gasteiger partial charge in [-0.05, 0) is 43.8 Å². The molecule has 2 rings (SSSR count). The van der Waals surface area contributed by atoms with E-state index in [2.05, 4.69) is 15.0 Å². The van der Waals surface area contributed by atoms with Crippen molar-refractivity contribution >= 4 is 17.4 Å². The summed E-state index contributed by atoms with van der Waals surface area (Å²) in [5.41, 5.74) is 8.15. The van der Waals surface area contributed by atoms with E-state index in [9.17, 15) is 0 Å². The SMILES string of the molecule is Cc1cc(C)nc(Sc2ccc(N)cn2)n1. The van der Waals surface area contributed by atoms with E-state index < -0.39 is 0 Å². The zero-order chi connectivity index (χ0) is 11.5. The molecule has 5 heteroatoms. The lowest BCUT2D eigenvalue weighted by Crippen LogP contribution is -1.93. The maximum absolute atomic E-state index is 5.57. The minimum absolute atomic E-state index is 0.658. The van der Waals surface area contributed by atoms with Crippen molar-refractivity contribution in [1.29, 1.82) is 0 Å². The molecular formula is C11H12N4S. The molecule has 0 saturated heterocycles. The third kappa shape index (κ3) is 2.70. The Kier molecular flexibility index (Phi) is 3.05. The molecule has 2 N–H and O–H groups in total. The molecule has 0 aliphatic rings. The molecule has 16 heavy (non-hydrogen) atoms. The summed E-state index contributed by atoms with van der Waals surface area (Å²) in [6.45, 7) is 3.91. The van der Waals surface area contributed by atoms with Gasteiger partial charge in [-0.2, -0.15) is 0 Å². The van der Waals surface area contributed by atoms with Gasteiger partial charge >= 0.3 is 0 Å². The molecule has 0 aromatic carbocycles. The topological polar surface area (TPSA) is 64.7 Å². The molecule has 0 amide bonds. The van der Waals surface area contributed by atoms with Crippen LogP contribution in [0.1, 0.15) is 11.4 Å². The van der Waals surface area contributed by atoms with Crippen LogP contribution in [0.15, 0.2) is 34.6 Å².